The van der Waals surface area contributed by atoms with Gasteiger partial charge in [-0.25, -0.2) is 0 Å². The first-order chi connectivity index (χ1) is 23.3. The Morgan fingerprint density at radius 3 is 2.34 bits per heavy atom. The maximum atomic E-state index is 14.1. The lowest BCUT2D eigenvalue weighted by atomic mass is 9.75. The Balaban J connectivity index is 2.21. The van der Waals surface area contributed by atoms with E-state index in [1.807, 2.05) is 25.9 Å². The van der Waals surface area contributed by atoms with Crippen LogP contribution in [0.3, 0.4) is 0 Å². The molecule has 2 aliphatic rings. The van der Waals surface area contributed by atoms with E-state index in [0.29, 0.717) is 17.8 Å². The molecule has 0 saturated carbocycles. The highest BCUT2D eigenvalue weighted by Gasteiger charge is 2.52. The summed E-state index contributed by atoms with van der Waals surface area (Å²) in [7, 11) is 5.14. The molecule has 0 spiro atoms. The van der Waals surface area contributed by atoms with Gasteiger partial charge < -0.3 is 44.3 Å². The Morgan fingerprint density at radius 1 is 1.12 bits per heavy atom. The number of ketones is 1. The molecule has 0 radical (unpaired) electrons. The molecule has 1 aromatic rings. The van der Waals surface area contributed by atoms with E-state index in [4.69, 9.17) is 18.9 Å². The quantitative estimate of drug-likeness (QED) is 0.138. The van der Waals surface area contributed by atoms with Crippen LogP contribution < -0.4 is 0 Å². The number of nitrogens with zero attached hydrogens (tertiary/aromatic N) is 5. The molecule has 13 atom stereocenters. The van der Waals surface area contributed by atoms with E-state index in [1.54, 1.807) is 34.6 Å². The number of carbonyl (C=O) groups excluding carboxylic acids is 2. The number of likely N-dealkylation sites (N-methyl/N-ethyl adjacent to an activating group) is 1. The molecule has 15 nitrogen and oxygen atoms in total. The normalized spacial score (nSPS) is 40.8. The van der Waals surface area contributed by atoms with Crippen LogP contribution in [0.25, 0.3) is 0 Å². The van der Waals surface area contributed by atoms with Crippen molar-refractivity contribution in [1.82, 2.24) is 14.9 Å². The van der Waals surface area contributed by atoms with Crippen LogP contribution in [0, 0.1) is 17.8 Å². The fourth-order valence-corrected chi connectivity index (χ4v) is 6.93. The Hall–Kier alpha value is -2.76. The second-order valence-electron chi connectivity index (χ2n) is 14.4. The van der Waals surface area contributed by atoms with Gasteiger partial charge in [0.25, 0.3) is 0 Å². The highest BCUT2D eigenvalue weighted by molar-refractivity contribution is 6.00. The second kappa shape index (κ2) is 17.2. The molecule has 1 unspecified atom stereocenters. The van der Waals surface area contributed by atoms with Gasteiger partial charge in [-0.3, -0.25) is 19.6 Å². The number of Topliss-reactive ketones (excluding diaryl/α,β-unsaturated/α-hetero) is 1. The van der Waals surface area contributed by atoms with Crippen molar-refractivity contribution < 1.29 is 49.0 Å². The van der Waals surface area contributed by atoms with Crippen molar-refractivity contribution >= 4 is 23.2 Å². The summed E-state index contributed by atoms with van der Waals surface area (Å²) in [6.07, 6.45) is -3.48. The monoisotopic (exact) mass is 707 g/mol. The predicted molar refractivity (Wildman–Crippen MR) is 184 cm³/mol. The van der Waals surface area contributed by atoms with Crippen LogP contribution in [-0.2, 0) is 28.5 Å². The average Bonchev–Trinajstić information content (AvgIpc) is 3.08. The lowest BCUT2D eigenvalue weighted by molar-refractivity contribution is -0.295. The van der Waals surface area contributed by atoms with Crippen molar-refractivity contribution in [3.63, 3.8) is 0 Å². The van der Waals surface area contributed by atoms with Crippen LogP contribution in [0.5, 0.6) is 0 Å². The molecule has 15 heteroatoms. The number of rotatable bonds is 7. The van der Waals surface area contributed by atoms with Gasteiger partial charge in [0.15, 0.2) is 12.1 Å². The van der Waals surface area contributed by atoms with E-state index in [1.165, 1.54) is 39.5 Å². The summed E-state index contributed by atoms with van der Waals surface area (Å²) in [4.78, 5) is 37.7. The summed E-state index contributed by atoms with van der Waals surface area (Å²) in [5, 5.41) is 54.9. The third kappa shape index (κ3) is 9.17. The number of hydrogen-bond donors (Lipinski definition) is 4. The number of aromatic nitrogens is 2. The molecule has 2 saturated heterocycles. The minimum atomic E-state index is -2.17. The minimum Gasteiger partial charge on any atom is -0.459 e. The summed E-state index contributed by atoms with van der Waals surface area (Å²) < 4.78 is 24.4. The van der Waals surface area contributed by atoms with Crippen molar-refractivity contribution in [3.05, 3.63) is 24.3 Å². The fraction of sp³-hybridized carbons (Fsp3) is 0.771. The first kappa shape index (κ1) is 41.7. The fourth-order valence-electron chi connectivity index (χ4n) is 6.93. The molecular formula is C35H57N5O10. The van der Waals surface area contributed by atoms with Crippen LogP contribution in [-0.4, -0.2) is 140 Å². The zero-order chi connectivity index (χ0) is 37.7. The largest absolute Gasteiger partial charge is 0.459 e. The van der Waals surface area contributed by atoms with E-state index < -0.39 is 77.5 Å². The van der Waals surface area contributed by atoms with Gasteiger partial charge in [-0.2, -0.15) is 10.2 Å². The summed E-state index contributed by atoms with van der Waals surface area (Å²) >= 11 is 0. The van der Waals surface area contributed by atoms with Gasteiger partial charge in [-0.05, 0) is 68.0 Å². The Morgan fingerprint density at radius 2 is 1.78 bits per heavy atom. The Labute approximate surface area is 295 Å². The number of aliphatic hydroxyl groups is 4. The van der Waals surface area contributed by atoms with Crippen molar-refractivity contribution in [2.75, 3.05) is 21.2 Å². The highest BCUT2D eigenvalue weighted by Crippen LogP contribution is 2.38. The van der Waals surface area contributed by atoms with E-state index >= 15 is 0 Å². The average molecular weight is 708 g/mol. The van der Waals surface area contributed by atoms with Crippen molar-refractivity contribution in [2.24, 2.45) is 28.0 Å². The Kier molecular flexibility index (Phi) is 14.3. The maximum absolute atomic E-state index is 14.1. The standard InChI is InChI=1S/C35H57N5O10/c1-12-25-35(8,46)30(44)29(43)26(39-38-22(6)23-17-36-13-14-37-23)18(2)16-34(7,47-11)31(20(4)27(41)21(5)32(45)49-25)50-33-28(42)24(40(9)10)15-19(3)48-33/h13-14,17-21,24-25,28-31,33,42-44,46H,12,15-16H2,1-11H3/b38-22-,39-26-/t18-,19-,20+,21-,24+,25-,28-,29+,30-,31?,33+,34-,35-/m1/s1. The van der Waals surface area contributed by atoms with Crippen LogP contribution in [0.15, 0.2) is 28.8 Å². The number of esters is 1. The molecule has 2 aliphatic heterocycles. The topological polar surface area (TPSA) is 206 Å². The molecule has 282 valence electrons. The van der Waals surface area contributed by atoms with E-state index in [0.717, 1.165) is 0 Å². The van der Waals surface area contributed by atoms with Gasteiger partial charge in [-0.1, -0.05) is 20.8 Å². The van der Waals surface area contributed by atoms with Crippen LogP contribution >= 0.6 is 0 Å². The number of hydrogen-bond acceptors (Lipinski definition) is 15. The molecule has 3 rings (SSSR count). The van der Waals surface area contributed by atoms with E-state index in [2.05, 4.69) is 20.2 Å². The molecule has 3 heterocycles. The highest BCUT2D eigenvalue weighted by atomic mass is 16.7. The third-order valence-electron chi connectivity index (χ3n) is 10.3. The van der Waals surface area contributed by atoms with Gasteiger partial charge in [-0.15, -0.1) is 0 Å². The van der Waals surface area contributed by atoms with E-state index in [9.17, 15) is 30.0 Å². The number of aliphatic hydroxyl groups excluding tert-OH is 3. The minimum absolute atomic E-state index is 0.0242. The Bertz CT molecular complexity index is 1360. The molecule has 0 aliphatic carbocycles. The number of cyclic esters (lactones) is 1. The SMILES string of the molecule is CC[C@H]1OC(=O)[C@H](C)C(=O)[C@H](C)C(O[C@@H]2O[C@H](C)C[C@H](N(C)C)[C@H]2O)[C@](C)(OC)C[C@@H](C)/C(=N/N=C(/C)c2cnccn2)[C@H](O)[C@@H](O)[C@]1(C)O. The molecule has 4 N–H and O–H groups in total. The molecule has 0 aromatic carbocycles. The molecule has 50 heavy (non-hydrogen) atoms. The first-order valence-electron chi connectivity index (χ1n) is 17.2. The molecular weight excluding hydrogens is 650 g/mol. The molecule has 0 amide bonds. The van der Waals surface area contributed by atoms with E-state index in [-0.39, 0.29) is 30.7 Å². The number of methoxy groups -OCH3 is 1. The molecule has 0 bridgehead atoms. The summed E-state index contributed by atoms with van der Waals surface area (Å²) in [6, 6.07) is -0.306. The lowest BCUT2D eigenvalue weighted by Crippen LogP contribution is -2.60. The van der Waals surface area contributed by atoms with Gasteiger partial charge in [0.05, 0.1) is 35.4 Å². The zero-order valence-electron chi connectivity index (χ0n) is 31.2. The zero-order valence-corrected chi connectivity index (χ0v) is 31.2. The van der Waals surface area contributed by atoms with Gasteiger partial charge in [0.2, 0.25) is 0 Å². The number of ether oxygens (including phenoxy) is 4. The molecule has 2 fully saturated rings. The molecule has 1 aromatic heterocycles. The maximum Gasteiger partial charge on any atom is 0.316 e. The summed E-state index contributed by atoms with van der Waals surface area (Å²) in [5.74, 6) is -4.47. The smallest absolute Gasteiger partial charge is 0.316 e. The van der Waals surface area contributed by atoms with Crippen molar-refractivity contribution in [3.8, 4) is 0 Å². The third-order valence-corrected chi connectivity index (χ3v) is 10.3. The first-order valence-corrected chi connectivity index (χ1v) is 17.2. The predicted octanol–water partition coefficient (Wildman–Crippen LogP) is 1.53. The van der Waals surface area contributed by atoms with Crippen molar-refractivity contribution in [2.45, 2.75) is 135 Å². The van der Waals surface area contributed by atoms with Crippen LogP contribution in [0.2, 0.25) is 0 Å². The number of carbonyl (C=O) groups is 2. The van der Waals surface area contributed by atoms with Gasteiger partial charge in [0.1, 0.15) is 41.6 Å². The second-order valence-corrected chi connectivity index (χ2v) is 14.4. The summed E-state index contributed by atoms with van der Waals surface area (Å²) in [5.41, 5.74) is -2.75. The summed E-state index contributed by atoms with van der Waals surface area (Å²) in [6.45, 7) is 12.9. The van der Waals surface area contributed by atoms with Gasteiger partial charge in [0, 0.05) is 37.4 Å². The van der Waals surface area contributed by atoms with Crippen LogP contribution in [0.4, 0.5) is 0 Å². The van der Waals surface area contributed by atoms with Crippen molar-refractivity contribution in [1.29, 1.82) is 0 Å². The lowest BCUT2D eigenvalue weighted by Gasteiger charge is -2.47. The van der Waals surface area contributed by atoms with Gasteiger partial charge >= 0.3 is 5.97 Å². The van der Waals surface area contributed by atoms with Crippen LogP contribution in [0.1, 0.15) is 80.3 Å².